The van der Waals surface area contributed by atoms with Gasteiger partial charge in [0.1, 0.15) is 0 Å². The van der Waals surface area contributed by atoms with Crippen molar-refractivity contribution in [2.45, 2.75) is 46.1 Å². The number of carbonyl (C=O) groups is 2. The van der Waals surface area contributed by atoms with E-state index in [4.69, 9.17) is 5.11 Å². The molecule has 92 valence electrons. The highest BCUT2D eigenvalue weighted by molar-refractivity contribution is 5.89. The van der Waals surface area contributed by atoms with Crippen molar-refractivity contribution in [3.8, 4) is 0 Å². The van der Waals surface area contributed by atoms with E-state index in [-0.39, 0.29) is 17.9 Å². The molecule has 0 spiro atoms. The van der Waals surface area contributed by atoms with Gasteiger partial charge in [-0.25, -0.2) is 0 Å². The van der Waals surface area contributed by atoms with E-state index in [0.717, 1.165) is 12.8 Å². The minimum Gasteiger partial charge on any atom is -0.481 e. The molecular formula is C12H21NO3. The lowest BCUT2D eigenvalue weighted by Gasteiger charge is -2.17. The molecule has 0 bridgehead atoms. The molecule has 0 heterocycles. The molecule has 2 unspecified atom stereocenters. The quantitative estimate of drug-likeness (QED) is 0.725. The van der Waals surface area contributed by atoms with Crippen LogP contribution in [0, 0.1) is 17.8 Å². The Morgan fingerprint density at radius 1 is 1.38 bits per heavy atom. The van der Waals surface area contributed by atoms with Gasteiger partial charge in [0.15, 0.2) is 0 Å². The number of hydrogen-bond acceptors (Lipinski definition) is 2. The standard InChI is InChI=1S/C12H21NO3/c1-4-7(2)5-8(3)13-11(14)9-6-10(9)12(15)16/h7-10H,4-6H2,1-3H3,(H,13,14)(H,15,16)/t7?,8?,9-,10+/m1/s1. The number of amides is 1. The Hall–Kier alpha value is -1.06. The summed E-state index contributed by atoms with van der Waals surface area (Å²) in [5, 5.41) is 11.6. The minimum absolute atomic E-state index is 0.0943. The average Bonchev–Trinajstić information content (AvgIpc) is 2.96. The maximum Gasteiger partial charge on any atom is 0.307 e. The summed E-state index contributed by atoms with van der Waals surface area (Å²) in [6.07, 6.45) is 2.55. The largest absolute Gasteiger partial charge is 0.481 e. The highest BCUT2D eigenvalue weighted by atomic mass is 16.4. The molecule has 16 heavy (non-hydrogen) atoms. The second-order valence-corrected chi connectivity index (χ2v) is 4.95. The Bertz CT molecular complexity index is 277. The highest BCUT2D eigenvalue weighted by Gasteiger charge is 2.48. The number of carboxylic acid groups (broad SMARTS) is 1. The molecule has 0 radical (unpaired) electrons. The van der Waals surface area contributed by atoms with E-state index in [0.29, 0.717) is 12.3 Å². The normalized spacial score (nSPS) is 26.9. The van der Waals surface area contributed by atoms with Gasteiger partial charge in [0.25, 0.3) is 0 Å². The monoisotopic (exact) mass is 227 g/mol. The van der Waals surface area contributed by atoms with Crippen LogP contribution in [0.5, 0.6) is 0 Å². The lowest BCUT2D eigenvalue weighted by molar-refractivity contribution is -0.140. The second kappa shape index (κ2) is 5.32. The first-order valence-corrected chi connectivity index (χ1v) is 5.98. The minimum atomic E-state index is -0.852. The van der Waals surface area contributed by atoms with Crippen molar-refractivity contribution in [2.75, 3.05) is 0 Å². The van der Waals surface area contributed by atoms with Gasteiger partial charge in [-0.3, -0.25) is 9.59 Å². The zero-order valence-electron chi connectivity index (χ0n) is 10.2. The van der Waals surface area contributed by atoms with Crippen LogP contribution in [0.1, 0.15) is 40.0 Å². The zero-order chi connectivity index (χ0) is 12.3. The Labute approximate surface area is 96.4 Å². The van der Waals surface area contributed by atoms with Crippen molar-refractivity contribution in [1.29, 1.82) is 0 Å². The number of hydrogen-bond donors (Lipinski definition) is 2. The van der Waals surface area contributed by atoms with Crippen LogP contribution < -0.4 is 5.32 Å². The van der Waals surface area contributed by atoms with Crippen LogP contribution in [0.2, 0.25) is 0 Å². The maximum absolute atomic E-state index is 11.6. The van der Waals surface area contributed by atoms with Gasteiger partial charge in [-0.05, 0) is 25.7 Å². The van der Waals surface area contributed by atoms with Crippen LogP contribution in [-0.4, -0.2) is 23.0 Å². The summed E-state index contributed by atoms with van der Waals surface area (Å²) in [7, 11) is 0. The molecule has 4 atom stereocenters. The van der Waals surface area contributed by atoms with Gasteiger partial charge in [-0.1, -0.05) is 20.3 Å². The summed E-state index contributed by atoms with van der Waals surface area (Å²) >= 11 is 0. The molecule has 0 aromatic carbocycles. The lowest BCUT2D eigenvalue weighted by atomic mass is 10.0. The van der Waals surface area contributed by atoms with Gasteiger partial charge in [0, 0.05) is 6.04 Å². The molecule has 0 saturated heterocycles. The molecule has 0 aliphatic heterocycles. The Balaban J connectivity index is 2.27. The topological polar surface area (TPSA) is 66.4 Å². The van der Waals surface area contributed by atoms with Crippen LogP contribution in [0.3, 0.4) is 0 Å². The van der Waals surface area contributed by atoms with Crippen LogP contribution in [0.25, 0.3) is 0 Å². The van der Waals surface area contributed by atoms with Crippen LogP contribution in [-0.2, 0) is 9.59 Å². The molecule has 1 rings (SSSR count). The summed E-state index contributed by atoms with van der Waals surface area (Å²) in [6.45, 7) is 6.25. The lowest BCUT2D eigenvalue weighted by Crippen LogP contribution is -2.35. The number of rotatable bonds is 6. The Morgan fingerprint density at radius 3 is 2.44 bits per heavy atom. The Morgan fingerprint density at radius 2 is 2.00 bits per heavy atom. The Kier molecular flexibility index (Phi) is 4.33. The van der Waals surface area contributed by atoms with E-state index in [9.17, 15) is 9.59 Å². The third-order valence-electron chi connectivity index (χ3n) is 3.29. The number of carboxylic acids is 1. The third kappa shape index (κ3) is 3.51. The van der Waals surface area contributed by atoms with Crippen LogP contribution >= 0.6 is 0 Å². The first kappa shape index (κ1) is 13.0. The van der Waals surface area contributed by atoms with Gasteiger partial charge >= 0.3 is 5.97 Å². The van der Waals surface area contributed by atoms with Crippen molar-refractivity contribution < 1.29 is 14.7 Å². The predicted octanol–water partition coefficient (Wildman–Crippen LogP) is 1.65. The SMILES string of the molecule is CCC(C)CC(C)NC(=O)[C@@H]1C[C@@H]1C(=O)O. The van der Waals surface area contributed by atoms with Gasteiger partial charge < -0.3 is 10.4 Å². The summed E-state index contributed by atoms with van der Waals surface area (Å²) in [6, 6.07) is 0.137. The number of nitrogens with one attached hydrogen (secondary N) is 1. The highest BCUT2D eigenvalue weighted by Crippen LogP contribution is 2.38. The van der Waals surface area contributed by atoms with Gasteiger partial charge in [-0.2, -0.15) is 0 Å². The molecule has 0 aromatic rings. The van der Waals surface area contributed by atoms with Gasteiger partial charge in [0.05, 0.1) is 11.8 Å². The van der Waals surface area contributed by atoms with Crippen molar-refractivity contribution in [3.63, 3.8) is 0 Å². The van der Waals surface area contributed by atoms with Crippen molar-refractivity contribution >= 4 is 11.9 Å². The molecule has 4 nitrogen and oxygen atoms in total. The van der Waals surface area contributed by atoms with E-state index in [1.54, 1.807) is 0 Å². The molecule has 1 amide bonds. The van der Waals surface area contributed by atoms with Crippen molar-refractivity contribution in [3.05, 3.63) is 0 Å². The summed E-state index contributed by atoms with van der Waals surface area (Å²) in [5.41, 5.74) is 0. The van der Waals surface area contributed by atoms with E-state index < -0.39 is 11.9 Å². The average molecular weight is 227 g/mol. The number of carbonyl (C=O) groups excluding carboxylic acids is 1. The molecule has 2 N–H and O–H groups in total. The first-order valence-electron chi connectivity index (χ1n) is 5.98. The fourth-order valence-electron chi connectivity index (χ4n) is 1.94. The smallest absolute Gasteiger partial charge is 0.307 e. The van der Waals surface area contributed by atoms with Gasteiger partial charge in [-0.15, -0.1) is 0 Å². The predicted molar refractivity (Wildman–Crippen MR) is 60.9 cm³/mol. The first-order chi connectivity index (χ1) is 7.45. The fraction of sp³-hybridized carbons (Fsp3) is 0.833. The van der Waals surface area contributed by atoms with Crippen LogP contribution in [0.15, 0.2) is 0 Å². The summed E-state index contributed by atoms with van der Waals surface area (Å²) in [4.78, 5) is 22.2. The molecule has 1 fully saturated rings. The van der Waals surface area contributed by atoms with E-state index >= 15 is 0 Å². The molecule has 4 heteroatoms. The van der Waals surface area contributed by atoms with Crippen molar-refractivity contribution in [2.24, 2.45) is 17.8 Å². The number of aliphatic carboxylic acids is 1. The zero-order valence-corrected chi connectivity index (χ0v) is 10.2. The molecule has 1 saturated carbocycles. The molecule has 1 aliphatic rings. The molecular weight excluding hydrogens is 206 g/mol. The van der Waals surface area contributed by atoms with E-state index in [1.807, 2.05) is 6.92 Å². The van der Waals surface area contributed by atoms with Gasteiger partial charge in [0.2, 0.25) is 5.91 Å². The second-order valence-electron chi connectivity index (χ2n) is 4.95. The summed E-state index contributed by atoms with van der Waals surface area (Å²) < 4.78 is 0. The van der Waals surface area contributed by atoms with E-state index in [1.165, 1.54) is 0 Å². The van der Waals surface area contributed by atoms with Crippen LogP contribution in [0.4, 0.5) is 0 Å². The fourth-order valence-corrected chi connectivity index (χ4v) is 1.94. The molecule has 0 aromatic heterocycles. The third-order valence-corrected chi connectivity index (χ3v) is 3.29. The van der Waals surface area contributed by atoms with E-state index in [2.05, 4.69) is 19.2 Å². The molecule has 1 aliphatic carbocycles. The van der Waals surface area contributed by atoms with Crippen molar-refractivity contribution in [1.82, 2.24) is 5.32 Å². The summed E-state index contributed by atoms with van der Waals surface area (Å²) in [5.74, 6) is -1.10. The maximum atomic E-state index is 11.6.